The first-order valence-electron chi connectivity index (χ1n) is 10.2. The quantitative estimate of drug-likeness (QED) is 0.355. The fraction of sp³-hybridized carbons (Fsp3) is 0.208. The summed E-state index contributed by atoms with van der Waals surface area (Å²) in [6.07, 6.45) is -0.942. The molecular formula is C24H21Cl2NO6S. The second-order valence-corrected chi connectivity index (χ2v) is 8.70. The van der Waals surface area contributed by atoms with E-state index in [0.717, 1.165) is 16.9 Å². The van der Waals surface area contributed by atoms with Crippen molar-refractivity contribution in [3.8, 4) is 16.9 Å². The average Bonchev–Trinajstić information content (AvgIpc) is 3.23. The van der Waals surface area contributed by atoms with Crippen LogP contribution >= 0.6 is 34.5 Å². The molecule has 0 spiro atoms. The number of benzene rings is 2. The van der Waals surface area contributed by atoms with E-state index < -0.39 is 30.6 Å². The molecule has 0 aliphatic heterocycles. The van der Waals surface area contributed by atoms with Crippen LogP contribution in [0.4, 0.5) is 5.00 Å². The van der Waals surface area contributed by atoms with Gasteiger partial charge in [0.2, 0.25) is 0 Å². The molecule has 1 heterocycles. The zero-order valence-electron chi connectivity index (χ0n) is 18.3. The number of carbonyl (C=O) groups is 3. The van der Waals surface area contributed by atoms with Crippen molar-refractivity contribution in [2.24, 2.45) is 0 Å². The van der Waals surface area contributed by atoms with Gasteiger partial charge in [0.25, 0.3) is 5.91 Å². The third kappa shape index (κ3) is 6.72. The molecule has 0 saturated heterocycles. The molecule has 0 aliphatic carbocycles. The van der Waals surface area contributed by atoms with Crippen LogP contribution in [0.5, 0.6) is 5.75 Å². The number of thiophene rings is 1. The Morgan fingerprint density at radius 3 is 2.21 bits per heavy atom. The molecule has 0 fully saturated rings. The number of ether oxygens (including phenoxy) is 3. The third-order valence-corrected chi connectivity index (χ3v) is 5.88. The summed E-state index contributed by atoms with van der Waals surface area (Å²) in [7, 11) is 0. The van der Waals surface area contributed by atoms with E-state index in [1.54, 1.807) is 60.8 Å². The first-order valence-corrected chi connectivity index (χ1v) is 11.8. The van der Waals surface area contributed by atoms with Crippen LogP contribution in [0.15, 0.2) is 53.9 Å². The van der Waals surface area contributed by atoms with E-state index in [0.29, 0.717) is 21.4 Å². The van der Waals surface area contributed by atoms with E-state index in [1.165, 1.54) is 6.92 Å². The van der Waals surface area contributed by atoms with Gasteiger partial charge in [0.15, 0.2) is 12.7 Å². The highest BCUT2D eigenvalue weighted by Gasteiger charge is 2.24. The molecular weight excluding hydrogens is 501 g/mol. The number of nitrogens with one attached hydrogen (secondary N) is 1. The molecule has 3 aromatic rings. The molecule has 1 unspecified atom stereocenters. The standard InChI is InChI=1S/C24H21Cl2NO6S/c1-3-31-24(30)21-19(15-4-6-16(25)7-5-15)13-34-22(21)27-20(28)12-32-23(29)14(2)33-18-10-8-17(26)9-11-18/h4-11,13-14H,3,12H2,1-2H3,(H,27,28). The smallest absolute Gasteiger partial charge is 0.347 e. The molecule has 1 aromatic heterocycles. The van der Waals surface area contributed by atoms with E-state index >= 15 is 0 Å². The normalized spacial score (nSPS) is 11.4. The van der Waals surface area contributed by atoms with E-state index in [9.17, 15) is 14.4 Å². The predicted octanol–water partition coefficient (Wildman–Crippen LogP) is 5.85. The maximum atomic E-state index is 12.6. The Bertz CT molecular complexity index is 1160. The van der Waals surface area contributed by atoms with Crippen molar-refractivity contribution >= 4 is 57.4 Å². The van der Waals surface area contributed by atoms with Crippen LogP contribution in [-0.2, 0) is 19.1 Å². The van der Waals surface area contributed by atoms with Gasteiger partial charge in [0, 0.05) is 21.0 Å². The predicted molar refractivity (Wildman–Crippen MR) is 132 cm³/mol. The minimum absolute atomic E-state index is 0.172. The van der Waals surface area contributed by atoms with Crippen LogP contribution in [0.25, 0.3) is 11.1 Å². The first kappa shape index (κ1) is 25.6. The van der Waals surface area contributed by atoms with Crippen LogP contribution in [-0.4, -0.2) is 37.2 Å². The fourth-order valence-corrected chi connectivity index (χ4v) is 4.11. The Balaban J connectivity index is 1.65. The monoisotopic (exact) mass is 521 g/mol. The average molecular weight is 522 g/mol. The Hall–Kier alpha value is -3.07. The number of hydrogen-bond donors (Lipinski definition) is 1. The summed E-state index contributed by atoms with van der Waals surface area (Å²) in [5.41, 5.74) is 1.55. The van der Waals surface area contributed by atoms with Gasteiger partial charge in [0.1, 0.15) is 16.3 Å². The van der Waals surface area contributed by atoms with Crippen molar-refractivity contribution in [3.63, 3.8) is 0 Å². The van der Waals surface area contributed by atoms with Gasteiger partial charge in [-0.05, 0) is 55.8 Å². The van der Waals surface area contributed by atoms with E-state index in [2.05, 4.69) is 5.32 Å². The highest BCUT2D eigenvalue weighted by atomic mass is 35.5. The highest BCUT2D eigenvalue weighted by molar-refractivity contribution is 7.15. The molecule has 2 aromatic carbocycles. The minimum atomic E-state index is -0.942. The van der Waals surface area contributed by atoms with Gasteiger partial charge in [-0.25, -0.2) is 9.59 Å². The number of carbonyl (C=O) groups excluding carboxylic acids is 3. The van der Waals surface area contributed by atoms with Crippen LogP contribution in [0.1, 0.15) is 24.2 Å². The molecule has 3 rings (SSSR count). The highest BCUT2D eigenvalue weighted by Crippen LogP contribution is 2.36. The Kier molecular flexibility index (Phi) is 8.92. The molecule has 10 heteroatoms. The number of amides is 1. The van der Waals surface area contributed by atoms with Gasteiger partial charge < -0.3 is 19.5 Å². The zero-order valence-corrected chi connectivity index (χ0v) is 20.6. The Morgan fingerprint density at radius 2 is 1.59 bits per heavy atom. The van der Waals surface area contributed by atoms with Gasteiger partial charge in [-0.15, -0.1) is 11.3 Å². The number of anilines is 1. The van der Waals surface area contributed by atoms with Gasteiger partial charge in [-0.2, -0.15) is 0 Å². The zero-order chi connectivity index (χ0) is 24.7. The second kappa shape index (κ2) is 11.9. The molecule has 1 atom stereocenters. The topological polar surface area (TPSA) is 90.9 Å². The fourth-order valence-electron chi connectivity index (χ4n) is 2.88. The molecule has 0 radical (unpaired) electrons. The van der Waals surface area contributed by atoms with E-state index in [1.807, 2.05) is 0 Å². The van der Waals surface area contributed by atoms with Crippen LogP contribution in [0, 0.1) is 0 Å². The molecule has 34 heavy (non-hydrogen) atoms. The summed E-state index contributed by atoms with van der Waals surface area (Å²) in [6, 6.07) is 13.4. The molecule has 1 N–H and O–H groups in total. The summed E-state index contributed by atoms with van der Waals surface area (Å²) in [5, 5.41) is 5.74. The van der Waals surface area contributed by atoms with Gasteiger partial charge in [-0.3, -0.25) is 4.79 Å². The lowest BCUT2D eigenvalue weighted by Gasteiger charge is -2.14. The summed E-state index contributed by atoms with van der Waals surface area (Å²) in [5.74, 6) is -1.47. The minimum Gasteiger partial charge on any atom is -0.479 e. The summed E-state index contributed by atoms with van der Waals surface area (Å²) >= 11 is 12.9. The second-order valence-electron chi connectivity index (χ2n) is 6.95. The van der Waals surface area contributed by atoms with Crippen LogP contribution < -0.4 is 10.1 Å². The molecule has 0 bridgehead atoms. The molecule has 0 aliphatic rings. The molecule has 0 saturated carbocycles. The van der Waals surface area contributed by atoms with Crippen LogP contribution in [0.3, 0.4) is 0 Å². The lowest BCUT2D eigenvalue weighted by Crippen LogP contribution is -2.29. The van der Waals surface area contributed by atoms with Crippen molar-refractivity contribution < 1.29 is 28.6 Å². The number of hydrogen-bond acceptors (Lipinski definition) is 7. The van der Waals surface area contributed by atoms with Crippen molar-refractivity contribution in [3.05, 3.63) is 69.5 Å². The van der Waals surface area contributed by atoms with Crippen molar-refractivity contribution in [2.75, 3.05) is 18.5 Å². The van der Waals surface area contributed by atoms with Crippen molar-refractivity contribution in [1.82, 2.24) is 0 Å². The molecule has 7 nitrogen and oxygen atoms in total. The summed E-state index contributed by atoms with van der Waals surface area (Å²) in [6.45, 7) is 2.82. The van der Waals surface area contributed by atoms with Gasteiger partial charge in [0.05, 0.1) is 6.61 Å². The van der Waals surface area contributed by atoms with E-state index in [4.69, 9.17) is 37.4 Å². The van der Waals surface area contributed by atoms with Crippen molar-refractivity contribution in [1.29, 1.82) is 0 Å². The van der Waals surface area contributed by atoms with E-state index in [-0.39, 0.29) is 17.2 Å². The SMILES string of the molecule is CCOC(=O)c1c(-c2ccc(Cl)cc2)csc1NC(=O)COC(=O)C(C)Oc1ccc(Cl)cc1. The van der Waals surface area contributed by atoms with Gasteiger partial charge in [-0.1, -0.05) is 35.3 Å². The largest absolute Gasteiger partial charge is 0.479 e. The van der Waals surface area contributed by atoms with Gasteiger partial charge >= 0.3 is 11.9 Å². The number of rotatable bonds is 9. The number of esters is 2. The molecule has 1 amide bonds. The maximum absolute atomic E-state index is 12.6. The lowest BCUT2D eigenvalue weighted by atomic mass is 10.0. The van der Waals surface area contributed by atoms with Crippen LogP contribution in [0.2, 0.25) is 10.0 Å². The Labute approximate surface area is 210 Å². The van der Waals surface area contributed by atoms with Crippen molar-refractivity contribution in [2.45, 2.75) is 20.0 Å². The first-order chi connectivity index (χ1) is 16.3. The Morgan fingerprint density at radius 1 is 0.971 bits per heavy atom. The summed E-state index contributed by atoms with van der Waals surface area (Å²) in [4.78, 5) is 37.3. The lowest BCUT2D eigenvalue weighted by molar-refractivity contribution is -0.153. The summed E-state index contributed by atoms with van der Waals surface area (Å²) < 4.78 is 15.7. The third-order valence-electron chi connectivity index (χ3n) is 4.48. The molecule has 178 valence electrons. The maximum Gasteiger partial charge on any atom is 0.347 e. The number of halogens is 2.